The van der Waals surface area contributed by atoms with E-state index in [4.69, 9.17) is 0 Å². The van der Waals surface area contributed by atoms with Gasteiger partial charge in [-0.15, -0.1) is 0 Å². The van der Waals surface area contributed by atoms with Gasteiger partial charge in [-0.3, -0.25) is 0 Å². The molecule has 0 atom stereocenters. The minimum atomic E-state index is 0. The van der Waals surface area contributed by atoms with Crippen LogP contribution in [0.15, 0.2) is 18.2 Å². The van der Waals surface area contributed by atoms with Gasteiger partial charge in [-0.2, -0.15) is 0 Å². The molecule has 0 amide bonds. The second kappa shape index (κ2) is 5.80. The van der Waals surface area contributed by atoms with Crippen LogP contribution in [0.1, 0.15) is 44.4 Å². The first-order chi connectivity index (χ1) is 5.86. The summed E-state index contributed by atoms with van der Waals surface area (Å²) >= 11 is 0. The minimum absolute atomic E-state index is 0. The predicted octanol–water partition coefficient (Wildman–Crippen LogP) is 4.15. The lowest BCUT2D eigenvalue weighted by molar-refractivity contribution is 0.911. The molecule has 0 radical (unpaired) electrons. The summed E-state index contributed by atoms with van der Waals surface area (Å²) in [7, 11) is 0. The Morgan fingerprint density at radius 3 is 2.31 bits per heavy atom. The first-order valence-electron chi connectivity index (χ1n) is 4.95. The number of fused-ring (bicyclic) bond motifs is 1. The zero-order valence-corrected chi connectivity index (χ0v) is 8.35. The van der Waals surface area contributed by atoms with Gasteiger partial charge in [-0.25, -0.2) is 0 Å². The van der Waals surface area contributed by atoms with Crippen molar-refractivity contribution in [2.45, 2.75) is 47.5 Å². The Morgan fingerprint density at radius 2 is 1.62 bits per heavy atom. The van der Waals surface area contributed by atoms with Gasteiger partial charge in [-0.05, 0) is 37.3 Å². The summed E-state index contributed by atoms with van der Waals surface area (Å²) in [6.45, 7) is 6.17. The summed E-state index contributed by atoms with van der Waals surface area (Å²) in [5.74, 6) is 0. The van der Waals surface area contributed by atoms with E-state index in [0.717, 1.165) is 0 Å². The number of benzene rings is 1. The van der Waals surface area contributed by atoms with Crippen LogP contribution in [0.2, 0.25) is 0 Å². The largest absolute Gasteiger partial charge is 0.0776 e. The van der Waals surface area contributed by atoms with Crippen molar-refractivity contribution < 1.29 is 0 Å². The van der Waals surface area contributed by atoms with Crippen LogP contribution < -0.4 is 0 Å². The van der Waals surface area contributed by atoms with Crippen molar-refractivity contribution in [1.82, 2.24) is 0 Å². The third-order valence-electron chi connectivity index (χ3n) is 2.25. The molecule has 0 aliphatic heterocycles. The molecule has 0 unspecified atom stereocenters. The zero-order chi connectivity index (χ0) is 8.97. The molecule has 1 aliphatic rings. The Kier molecular flexibility index (Phi) is 5.45. The second-order valence-corrected chi connectivity index (χ2v) is 3.13. The molecule has 0 nitrogen and oxygen atoms in total. The van der Waals surface area contributed by atoms with Gasteiger partial charge in [0.1, 0.15) is 0 Å². The van der Waals surface area contributed by atoms with Crippen LogP contribution >= 0.6 is 0 Å². The van der Waals surface area contributed by atoms with Crippen molar-refractivity contribution in [1.29, 1.82) is 0 Å². The lowest BCUT2D eigenvalue weighted by Crippen LogP contribution is -1.81. The van der Waals surface area contributed by atoms with Crippen molar-refractivity contribution in [3.05, 3.63) is 34.9 Å². The Balaban J connectivity index is 0.000000451. The quantitative estimate of drug-likeness (QED) is 0.560. The Labute approximate surface area is 83.0 Å². The molecule has 13 heavy (non-hydrogen) atoms. The molecule has 1 aromatic rings. The molecule has 0 heteroatoms. The van der Waals surface area contributed by atoms with Gasteiger partial charge in [0.05, 0.1) is 0 Å². The number of aryl methyl sites for hydroxylation is 3. The molecule has 0 aromatic heterocycles. The monoisotopic (exact) mass is 178 g/mol. The van der Waals surface area contributed by atoms with E-state index < -0.39 is 0 Å². The van der Waals surface area contributed by atoms with Crippen molar-refractivity contribution in [2.24, 2.45) is 0 Å². The standard InChI is InChI=1S/C10H12.C2H6.CH4/c1-8-5-6-9-3-2-4-10(9)7-8;1-2;/h5-7H,2-4H2,1H3;1-2H3;1H4. The molecule has 0 fully saturated rings. The van der Waals surface area contributed by atoms with Crippen LogP contribution in [0.3, 0.4) is 0 Å². The third-order valence-corrected chi connectivity index (χ3v) is 2.25. The normalized spacial score (nSPS) is 12.2. The molecule has 1 aromatic carbocycles. The first kappa shape index (κ1) is 12.2. The summed E-state index contributed by atoms with van der Waals surface area (Å²) in [5.41, 5.74) is 4.56. The van der Waals surface area contributed by atoms with E-state index in [1.165, 1.54) is 24.8 Å². The van der Waals surface area contributed by atoms with E-state index in [9.17, 15) is 0 Å². The molecule has 0 saturated carbocycles. The summed E-state index contributed by atoms with van der Waals surface area (Å²) < 4.78 is 0. The first-order valence-corrected chi connectivity index (χ1v) is 4.95. The highest BCUT2D eigenvalue weighted by molar-refractivity contribution is 5.34. The lowest BCUT2D eigenvalue weighted by Gasteiger charge is -1.98. The lowest BCUT2D eigenvalue weighted by atomic mass is 10.1. The van der Waals surface area contributed by atoms with E-state index in [1.807, 2.05) is 13.8 Å². The van der Waals surface area contributed by atoms with Crippen LogP contribution in [0.25, 0.3) is 0 Å². The Bertz CT molecular complexity index is 248. The molecular formula is C13H22. The van der Waals surface area contributed by atoms with Crippen LogP contribution in [0, 0.1) is 6.92 Å². The number of rotatable bonds is 0. The SMILES string of the molecule is C.CC.Cc1ccc2c(c1)CCC2. The van der Waals surface area contributed by atoms with Crippen molar-refractivity contribution in [3.63, 3.8) is 0 Å². The number of hydrogen-bond donors (Lipinski definition) is 0. The zero-order valence-electron chi connectivity index (χ0n) is 8.35. The minimum Gasteiger partial charge on any atom is -0.0776 e. The summed E-state index contributed by atoms with van der Waals surface area (Å²) in [5, 5.41) is 0. The topological polar surface area (TPSA) is 0 Å². The fourth-order valence-electron chi connectivity index (χ4n) is 1.70. The van der Waals surface area contributed by atoms with Gasteiger partial charge in [0.15, 0.2) is 0 Å². The van der Waals surface area contributed by atoms with Crippen molar-refractivity contribution in [2.75, 3.05) is 0 Å². The molecular weight excluding hydrogens is 156 g/mol. The van der Waals surface area contributed by atoms with Gasteiger partial charge < -0.3 is 0 Å². The summed E-state index contributed by atoms with van der Waals surface area (Å²) in [4.78, 5) is 0. The molecule has 0 saturated heterocycles. The summed E-state index contributed by atoms with van der Waals surface area (Å²) in [6, 6.07) is 6.81. The predicted molar refractivity (Wildman–Crippen MR) is 61.3 cm³/mol. The van der Waals surface area contributed by atoms with Gasteiger partial charge in [-0.1, -0.05) is 45.0 Å². The van der Waals surface area contributed by atoms with Crippen LogP contribution in [0.4, 0.5) is 0 Å². The average molecular weight is 178 g/mol. The van der Waals surface area contributed by atoms with Crippen LogP contribution in [-0.4, -0.2) is 0 Å². The Morgan fingerprint density at radius 1 is 1.00 bits per heavy atom. The van der Waals surface area contributed by atoms with Crippen LogP contribution in [-0.2, 0) is 12.8 Å². The van der Waals surface area contributed by atoms with Gasteiger partial charge >= 0.3 is 0 Å². The third kappa shape index (κ3) is 2.87. The molecule has 2 rings (SSSR count). The van der Waals surface area contributed by atoms with E-state index in [-0.39, 0.29) is 7.43 Å². The Hall–Kier alpha value is -0.780. The molecule has 0 heterocycles. The molecule has 1 aliphatic carbocycles. The molecule has 74 valence electrons. The highest BCUT2D eigenvalue weighted by atomic mass is 14.1. The van der Waals surface area contributed by atoms with Gasteiger partial charge in [0, 0.05) is 0 Å². The van der Waals surface area contributed by atoms with E-state index in [0.29, 0.717) is 0 Å². The van der Waals surface area contributed by atoms with Gasteiger partial charge in [0.25, 0.3) is 0 Å². The fraction of sp³-hybridized carbons (Fsp3) is 0.538. The maximum atomic E-state index is 2.32. The van der Waals surface area contributed by atoms with E-state index >= 15 is 0 Å². The smallest absolute Gasteiger partial charge is 0.0273 e. The summed E-state index contributed by atoms with van der Waals surface area (Å²) in [6.07, 6.45) is 3.96. The molecule has 0 spiro atoms. The van der Waals surface area contributed by atoms with Crippen molar-refractivity contribution >= 4 is 0 Å². The van der Waals surface area contributed by atoms with Crippen LogP contribution in [0.5, 0.6) is 0 Å². The second-order valence-electron chi connectivity index (χ2n) is 3.13. The van der Waals surface area contributed by atoms with E-state index in [1.54, 1.807) is 11.1 Å². The maximum Gasteiger partial charge on any atom is -0.0273 e. The average Bonchev–Trinajstić information content (AvgIpc) is 2.54. The highest BCUT2D eigenvalue weighted by Crippen LogP contribution is 2.22. The fourth-order valence-corrected chi connectivity index (χ4v) is 1.70. The van der Waals surface area contributed by atoms with Gasteiger partial charge in [0.2, 0.25) is 0 Å². The maximum absolute atomic E-state index is 2.32. The molecule has 0 N–H and O–H groups in total. The van der Waals surface area contributed by atoms with E-state index in [2.05, 4.69) is 25.1 Å². The molecule has 0 bridgehead atoms. The highest BCUT2D eigenvalue weighted by Gasteiger charge is 2.08. The van der Waals surface area contributed by atoms with Crippen molar-refractivity contribution in [3.8, 4) is 0 Å². The number of hydrogen-bond acceptors (Lipinski definition) is 0.